The van der Waals surface area contributed by atoms with Crippen molar-refractivity contribution in [3.63, 3.8) is 0 Å². The van der Waals surface area contributed by atoms with E-state index >= 15 is 0 Å². The van der Waals surface area contributed by atoms with Crippen molar-refractivity contribution in [2.45, 2.75) is 42.8 Å². The number of fused-ring (bicyclic) bond motifs is 6. The molecule has 0 N–H and O–H groups in total. The molecule has 0 bridgehead atoms. The van der Waals surface area contributed by atoms with E-state index in [1.165, 1.54) is 0 Å². The quantitative estimate of drug-likeness (QED) is 0.157. The molecule has 0 saturated carbocycles. The zero-order valence-electron chi connectivity index (χ0n) is 25.2. The first-order valence-electron chi connectivity index (χ1n) is 15.4. The molecule has 4 aromatic rings. The third kappa shape index (κ3) is 5.33. The average molecular weight is 645 g/mol. The molecule has 0 amide bonds. The van der Waals surface area contributed by atoms with Gasteiger partial charge in [-0.15, -0.1) is 26.3 Å². The maximum Gasteiger partial charge on any atom is 0.522 e. The van der Waals surface area contributed by atoms with Crippen molar-refractivity contribution < 1.29 is 35.8 Å². The standard InChI is InChI=1S/C39H30F6O2/c40-38(41,42)46-22-20-36(21-23-47-39(43,44)45)32-18-9-3-8-16-28(32)30-25-35-31(24-34(30)36)29-17-10-11-19-33(29)37(35,26-12-4-1-5-13-26)27-14-6-2-7-15-27/h1-7,9-19,24-25H,8,20-23H2. The number of hydrogen-bond acceptors (Lipinski definition) is 2. The van der Waals surface area contributed by atoms with E-state index in [1.807, 2.05) is 85.0 Å². The van der Waals surface area contributed by atoms with Crippen molar-refractivity contribution in [1.29, 1.82) is 0 Å². The lowest BCUT2D eigenvalue weighted by Crippen LogP contribution is -2.32. The molecule has 0 fully saturated rings. The van der Waals surface area contributed by atoms with E-state index in [0.29, 0.717) is 17.6 Å². The molecule has 0 aromatic heterocycles. The Morgan fingerprint density at radius 3 is 1.74 bits per heavy atom. The highest BCUT2D eigenvalue weighted by molar-refractivity contribution is 5.96. The smallest absolute Gasteiger partial charge is 0.292 e. The molecule has 0 radical (unpaired) electrons. The van der Waals surface area contributed by atoms with Crippen LogP contribution in [0.4, 0.5) is 26.3 Å². The van der Waals surface area contributed by atoms with E-state index in [0.717, 1.165) is 44.5 Å². The van der Waals surface area contributed by atoms with Crippen molar-refractivity contribution >= 4 is 5.57 Å². The third-order valence-electron chi connectivity index (χ3n) is 9.65. The zero-order valence-corrected chi connectivity index (χ0v) is 25.2. The SMILES string of the molecule is FC(F)(F)OCCC1(CCOC(F)(F)F)C2=CC=CCC=C2c2cc3c(cc21)-c1ccccc1C3(c1ccccc1)c1ccccc1. The summed E-state index contributed by atoms with van der Waals surface area (Å²) >= 11 is 0. The Hall–Kier alpha value is -4.40. The molecular weight excluding hydrogens is 614 g/mol. The fourth-order valence-electron chi connectivity index (χ4n) is 7.90. The van der Waals surface area contributed by atoms with Crippen LogP contribution in [0.2, 0.25) is 0 Å². The van der Waals surface area contributed by atoms with Gasteiger partial charge in [-0.2, -0.15) is 0 Å². The highest BCUT2D eigenvalue weighted by Gasteiger charge is 2.51. The van der Waals surface area contributed by atoms with Crippen LogP contribution in [0.5, 0.6) is 0 Å². The Kier molecular flexibility index (Phi) is 7.76. The molecule has 3 aliphatic rings. The zero-order chi connectivity index (χ0) is 32.9. The van der Waals surface area contributed by atoms with E-state index in [4.69, 9.17) is 0 Å². The van der Waals surface area contributed by atoms with Crippen LogP contribution in [0.15, 0.2) is 127 Å². The molecule has 2 nitrogen and oxygen atoms in total. The summed E-state index contributed by atoms with van der Waals surface area (Å²) in [5, 5.41) is 0. The monoisotopic (exact) mass is 644 g/mol. The van der Waals surface area contributed by atoms with Gasteiger partial charge in [-0.3, -0.25) is 9.47 Å². The maximum atomic E-state index is 13.3. The molecule has 0 heterocycles. The molecule has 8 heteroatoms. The van der Waals surface area contributed by atoms with Crippen LogP contribution in [0.25, 0.3) is 16.7 Å². The lowest BCUT2D eigenvalue weighted by atomic mass is 9.67. The molecule has 4 aromatic carbocycles. The number of halogens is 6. The van der Waals surface area contributed by atoms with Gasteiger partial charge >= 0.3 is 12.7 Å². The number of alkyl halides is 6. The normalized spacial score (nSPS) is 17.2. The molecule has 7 rings (SSSR count). The lowest BCUT2D eigenvalue weighted by molar-refractivity contribution is -0.327. The van der Waals surface area contributed by atoms with E-state index in [-0.39, 0.29) is 12.8 Å². The largest absolute Gasteiger partial charge is 0.522 e. The summed E-state index contributed by atoms with van der Waals surface area (Å²) in [6.07, 6.45) is -2.04. The number of rotatable bonds is 8. The first-order chi connectivity index (χ1) is 22.5. The number of allylic oxidation sites excluding steroid dienone is 6. The number of benzene rings is 4. The Morgan fingerprint density at radius 1 is 0.596 bits per heavy atom. The van der Waals surface area contributed by atoms with Gasteiger partial charge in [-0.05, 0) is 87.0 Å². The summed E-state index contributed by atoms with van der Waals surface area (Å²) in [7, 11) is 0. The predicted molar refractivity (Wildman–Crippen MR) is 168 cm³/mol. The van der Waals surface area contributed by atoms with Crippen molar-refractivity contribution in [3.8, 4) is 11.1 Å². The predicted octanol–water partition coefficient (Wildman–Crippen LogP) is 10.4. The Balaban J connectivity index is 1.51. The highest BCUT2D eigenvalue weighted by atomic mass is 19.4. The van der Waals surface area contributed by atoms with Gasteiger partial charge in [0.05, 0.1) is 18.6 Å². The second-order valence-electron chi connectivity index (χ2n) is 12.0. The van der Waals surface area contributed by atoms with Gasteiger partial charge in [0.25, 0.3) is 0 Å². The van der Waals surface area contributed by atoms with Crippen LogP contribution in [0.3, 0.4) is 0 Å². The first-order valence-corrected chi connectivity index (χ1v) is 15.4. The van der Waals surface area contributed by atoms with Gasteiger partial charge in [0.15, 0.2) is 0 Å². The van der Waals surface area contributed by atoms with Crippen LogP contribution in [-0.2, 0) is 20.3 Å². The summed E-state index contributed by atoms with van der Waals surface area (Å²) in [6, 6.07) is 32.5. The second-order valence-corrected chi connectivity index (χ2v) is 12.0. The van der Waals surface area contributed by atoms with Crippen molar-refractivity contribution in [2.24, 2.45) is 0 Å². The number of ether oxygens (including phenoxy) is 2. The molecule has 0 saturated heterocycles. The summed E-state index contributed by atoms with van der Waals surface area (Å²) in [5.41, 5.74) is 6.97. The molecular formula is C39H30F6O2. The van der Waals surface area contributed by atoms with Crippen molar-refractivity contribution in [2.75, 3.05) is 13.2 Å². The Morgan fingerprint density at radius 2 is 1.15 bits per heavy atom. The van der Waals surface area contributed by atoms with Crippen molar-refractivity contribution in [3.05, 3.63) is 160 Å². The minimum atomic E-state index is -4.89. The van der Waals surface area contributed by atoms with Crippen LogP contribution in [0.1, 0.15) is 52.6 Å². The summed E-state index contributed by atoms with van der Waals surface area (Å²) in [5.74, 6) is 0. The molecule has 3 aliphatic carbocycles. The van der Waals surface area contributed by atoms with Crippen LogP contribution >= 0.6 is 0 Å². The topological polar surface area (TPSA) is 18.5 Å². The van der Waals surface area contributed by atoms with Gasteiger partial charge in [-0.25, -0.2) is 0 Å². The van der Waals surface area contributed by atoms with Gasteiger partial charge in [0, 0.05) is 5.41 Å². The van der Waals surface area contributed by atoms with E-state index < -0.39 is 36.8 Å². The van der Waals surface area contributed by atoms with E-state index in [2.05, 4.69) is 45.9 Å². The maximum absolute atomic E-state index is 13.3. The summed E-state index contributed by atoms with van der Waals surface area (Å²) < 4.78 is 88.2. The van der Waals surface area contributed by atoms with Crippen LogP contribution < -0.4 is 0 Å². The van der Waals surface area contributed by atoms with E-state index in [9.17, 15) is 26.3 Å². The van der Waals surface area contributed by atoms with Crippen LogP contribution in [-0.4, -0.2) is 25.9 Å². The van der Waals surface area contributed by atoms with Gasteiger partial charge < -0.3 is 0 Å². The van der Waals surface area contributed by atoms with Gasteiger partial charge in [-0.1, -0.05) is 109 Å². The minimum absolute atomic E-state index is 0.194. The molecule has 0 aliphatic heterocycles. The fourth-order valence-corrected chi connectivity index (χ4v) is 7.90. The molecule has 47 heavy (non-hydrogen) atoms. The molecule has 0 unspecified atom stereocenters. The van der Waals surface area contributed by atoms with Gasteiger partial charge in [0.2, 0.25) is 0 Å². The number of hydrogen-bond donors (Lipinski definition) is 0. The highest BCUT2D eigenvalue weighted by Crippen LogP contribution is 2.61. The average Bonchev–Trinajstić information content (AvgIpc) is 3.30. The second kappa shape index (κ2) is 11.7. The Labute approximate surface area is 268 Å². The van der Waals surface area contributed by atoms with Crippen molar-refractivity contribution in [1.82, 2.24) is 0 Å². The van der Waals surface area contributed by atoms with Gasteiger partial charge in [0.1, 0.15) is 0 Å². The molecule has 0 atom stereocenters. The summed E-state index contributed by atoms with van der Waals surface area (Å²) in [4.78, 5) is 0. The molecule has 240 valence electrons. The van der Waals surface area contributed by atoms with E-state index in [1.54, 1.807) is 0 Å². The Bertz CT molecular complexity index is 1820. The third-order valence-corrected chi connectivity index (χ3v) is 9.65. The summed E-state index contributed by atoms with van der Waals surface area (Å²) in [6.45, 7) is -1.45. The van der Waals surface area contributed by atoms with Crippen LogP contribution in [0, 0.1) is 0 Å². The lowest BCUT2D eigenvalue weighted by Gasteiger charge is -2.35. The first kappa shape index (κ1) is 31.2. The minimum Gasteiger partial charge on any atom is -0.292 e. The molecule has 0 spiro atoms. The fraction of sp³-hybridized carbons (Fsp3) is 0.231.